The second kappa shape index (κ2) is 6.85. The number of nitrogens with zero attached hydrogens (tertiary/aromatic N) is 4. The van der Waals surface area contributed by atoms with Gasteiger partial charge in [-0.2, -0.15) is 0 Å². The number of furan rings is 1. The zero-order valence-corrected chi connectivity index (χ0v) is 15.3. The van der Waals surface area contributed by atoms with E-state index < -0.39 is 0 Å². The molecule has 7 nitrogen and oxygen atoms in total. The molecule has 2 aromatic heterocycles. The van der Waals surface area contributed by atoms with Gasteiger partial charge in [0.15, 0.2) is 5.82 Å². The topological polar surface area (TPSA) is 85.8 Å². The van der Waals surface area contributed by atoms with E-state index in [2.05, 4.69) is 20.8 Å². The van der Waals surface area contributed by atoms with Gasteiger partial charge in [-0.25, -0.2) is 4.68 Å². The number of benzene rings is 1. The fraction of sp³-hybridized carbons (Fsp3) is 0.118. The number of carbonyl (C=O) groups excluding carboxylic acids is 1. The number of carbonyl (C=O) groups is 1. The Morgan fingerprint density at radius 1 is 1.31 bits per heavy atom. The number of hydrogen-bond donors (Lipinski definition) is 1. The van der Waals surface area contributed by atoms with Crippen LogP contribution >= 0.6 is 24.0 Å². The summed E-state index contributed by atoms with van der Waals surface area (Å²) in [5.74, 6) is 1.79. The Morgan fingerprint density at radius 2 is 2.15 bits per heavy atom. The quantitative estimate of drug-likeness (QED) is 0.547. The molecule has 1 aromatic carbocycles. The predicted octanol–water partition coefficient (Wildman–Crippen LogP) is 3.11. The second-order valence-corrected chi connectivity index (χ2v) is 7.17. The molecule has 1 N–H and O–H groups in total. The van der Waals surface area contributed by atoms with Crippen molar-refractivity contribution in [1.82, 2.24) is 25.5 Å². The van der Waals surface area contributed by atoms with E-state index in [4.69, 9.17) is 16.6 Å². The van der Waals surface area contributed by atoms with Crippen LogP contribution in [0.25, 0.3) is 28.8 Å². The van der Waals surface area contributed by atoms with E-state index >= 15 is 0 Å². The highest BCUT2D eigenvalue weighted by molar-refractivity contribution is 8.26. The third-order valence-corrected chi connectivity index (χ3v) is 4.94. The first kappa shape index (κ1) is 16.7. The van der Waals surface area contributed by atoms with Gasteiger partial charge >= 0.3 is 0 Å². The Bertz CT molecular complexity index is 1040. The van der Waals surface area contributed by atoms with E-state index in [1.54, 1.807) is 10.8 Å². The van der Waals surface area contributed by atoms with E-state index in [0.29, 0.717) is 33.1 Å². The summed E-state index contributed by atoms with van der Waals surface area (Å²) in [6.07, 6.45) is 1.68. The van der Waals surface area contributed by atoms with Crippen LogP contribution in [-0.2, 0) is 11.3 Å². The Balaban J connectivity index is 1.64. The molecule has 0 spiro atoms. The van der Waals surface area contributed by atoms with Gasteiger partial charge in [0.1, 0.15) is 15.8 Å². The molecule has 0 aliphatic carbocycles. The maximum absolute atomic E-state index is 11.8. The summed E-state index contributed by atoms with van der Waals surface area (Å²) in [5, 5.41) is 14.4. The van der Waals surface area contributed by atoms with Gasteiger partial charge < -0.3 is 9.73 Å². The van der Waals surface area contributed by atoms with Crippen LogP contribution in [0.5, 0.6) is 0 Å². The molecule has 9 heteroatoms. The summed E-state index contributed by atoms with van der Waals surface area (Å²) < 4.78 is 8.06. The fourth-order valence-electron chi connectivity index (χ4n) is 2.57. The number of aryl methyl sites for hydroxylation is 1. The molecule has 130 valence electrons. The SMILES string of the molecule is CCn1nnnc1-c1cccc(-c2ccc(/C=C3/SC(=S)NC3=O)o2)c1. The normalized spacial score (nSPS) is 15.7. The lowest BCUT2D eigenvalue weighted by atomic mass is 10.1. The minimum absolute atomic E-state index is 0.202. The molecule has 0 atom stereocenters. The number of nitrogens with one attached hydrogen (secondary N) is 1. The molecule has 0 radical (unpaired) electrons. The van der Waals surface area contributed by atoms with Gasteiger partial charge in [0, 0.05) is 23.7 Å². The van der Waals surface area contributed by atoms with Crippen LogP contribution < -0.4 is 5.32 Å². The average Bonchev–Trinajstić information content (AvgIpc) is 3.36. The maximum Gasteiger partial charge on any atom is 0.263 e. The van der Waals surface area contributed by atoms with Crippen LogP contribution in [0, 0.1) is 0 Å². The molecule has 3 aromatic rings. The van der Waals surface area contributed by atoms with Crippen LogP contribution in [0.15, 0.2) is 45.7 Å². The summed E-state index contributed by atoms with van der Waals surface area (Å²) in [5.41, 5.74) is 1.80. The van der Waals surface area contributed by atoms with Crippen LogP contribution in [-0.4, -0.2) is 30.4 Å². The fourth-order valence-corrected chi connectivity index (χ4v) is 3.60. The van der Waals surface area contributed by atoms with Gasteiger partial charge in [-0.05, 0) is 35.5 Å². The van der Waals surface area contributed by atoms with Crippen molar-refractivity contribution in [1.29, 1.82) is 0 Å². The zero-order valence-electron chi connectivity index (χ0n) is 13.7. The van der Waals surface area contributed by atoms with E-state index in [1.165, 1.54) is 11.8 Å². The lowest BCUT2D eigenvalue weighted by Gasteiger charge is -2.03. The molecular formula is C17H13N5O2S2. The van der Waals surface area contributed by atoms with E-state index in [0.717, 1.165) is 11.1 Å². The summed E-state index contributed by atoms with van der Waals surface area (Å²) in [7, 11) is 0. The van der Waals surface area contributed by atoms with Gasteiger partial charge in [0.2, 0.25) is 0 Å². The van der Waals surface area contributed by atoms with Gasteiger partial charge in [-0.3, -0.25) is 4.79 Å². The van der Waals surface area contributed by atoms with Crippen molar-refractivity contribution in [2.75, 3.05) is 0 Å². The van der Waals surface area contributed by atoms with Gasteiger partial charge in [0.25, 0.3) is 5.91 Å². The Kier molecular flexibility index (Phi) is 4.39. The highest BCUT2D eigenvalue weighted by Crippen LogP contribution is 2.30. The Labute approximate surface area is 158 Å². The highest BCUT2D eigenvalue weighted by Gasteiger charge is 2.22. The van der Waals surface area contributed by atoms with Crippen LogP contribution in [0.1, 0.15) is 12.7 Å². The second-order valence-electron chi connectivity index (χ2n) is 5.45. The number of thiocarbonyl (C=S) groups is 1. The van der Waals surface area contributed by atoms with E-state index in [-0.39, 0.29) is 5.91 Å². The van der Waals surface area contributed by atoms with Crippen molar-refractivity contribution < 1.29 is 9.21 Å². The molecule has 4 rings (SSSR count). The maximum atomic E-state index is 11.8. The first-order valence-corrected chi connectivity index (χ1v) is 9.08. The molecule has 1 saturated heterocycles. The molecule has 0 unspecified atom stereocenters. The summed E-state index contributed by atoms with van der Waals surface area (Å²) in [4.78, 5) is 12.3. The van der Waals surface area contributed by atoms with Crippen molar-refractivity contribution in [2.45, 2.75) is 13.5 Å². The number of aromatic nitrogens is 4. The molecular weight excluding hydrogens is 370 g/mol. The van der Waals surface area contributed by atoms with Crippen molar-refractivity contribution in [3.63, 3.8) is 0 Å². The predicted molar refractivity (Wildman–Crippen MR) is 103 cm³/mol. The van der Waals surface area contributed by atoms with E-state index in [9.17, 15) is 4.79 Å². The third kappa shape index (κ3) is 3.18. The molecule has 1 aliphatic heterocycles. The molecule has 1 fully saturated rings. The monoisotopic (exact) mass is 383 g/mol. The molecule has 3 heterocycles. The number of amides is 1. The Hall–Kier alpha value is -2.78. The largest absolute Gasteiger partial charge is 0.457 e. The van der Waals surface area contributed by atoms with Gasteiger partial charge in [-0.15, -0.1) is 5.10 Å². The number of hydrogen-bond acceptors (Lipinski definition) is 7. The molecule has 1 aliphatic rings. The van der Waals surface area contributed by atoms with Crippen LogP contribution in [0.4, 0.5) is 0 Å². The summed E-state index contributed by atoms with van der Waals surface area (Å²) in [6, 6.07) is 11.5. The lowest BCUT2D eigenvalue weighted by molar-refractivity contribution is -0.115. The lowest BCUT2D eigenvalue weighted by Crippen LogP contribution is -2.17. The number of tetrazole rings is 1. The van der Waals surface area contributed by atoms with E-state index in [1.807, 2.05) is 43.3 Å². The minimum atomic E-state index is -0.202. The molecule has 26 heavy (non-hydrogen) atoms. The van der Waals surface area contributed by atoms with Gasteiger partial charge in [0.05, 0.1) is 4.91 Å². The standard InChI is InChI=1S/C17H13N5O2S2/c1-2-22-15(19-20-21-22)11-5-3-4-10(8-11)13-7-6-12(24-13)9-14-16(23)18-17(25)26-14/h3-9H,2H2,1H3,(H,18,23,25)/b14-9+. The minimum Gasteiger partial charge on any atom is -0.457 e. The summed E-state index contributed by atoms with van der Waals surface area (Å²) in [6.45, 7) is 2.67. The first-order chi connectivity index (χ1) is 12.6. The third-order valence-electron chi connectivity index (χ3n) is 3.78. The molecule has 0 saturated carbocycles. The molecule has 0 bridgehead atoms. The van der Waals surface area contributed by atoms with Crippen molar-refractivity contribution >= 4 is 40.3 Å². The van der Waals surface area contributed by atoms with Crippen molar-refractivity contribution in [2.24, 2.45) is 0 Å². The zero-order chi connectivity index (χ0) is 18.1. The highest BCUT2D eigenvalue weighted by atomic mass is 32.2. The summed E-state index contributed by atoms with van der Waals surface area (Å²) >= 11 is 6.21. The Morgan fingerprint density at radius 3 is 2.92 bits per heavy atom. The van der Waals surface area contributed by atoms with Crippen molar-refractivity contribution in [3.8, 4) is 22.7 Å². The van der Waals surface area contributed by atoms with Crippen LogP contribution in [0.3, 0.4) is 0 Å². The first-order valence-electron chi connectivity index (χ1n) is 7.85. The average molecular weight is 383 g/mol. The number of thioether (sulfide) groups is 1. The number of rotatable bonds is 4. The van der Waals surface area contributed by atoms with Crippen molar-refractivity contribution in [3.05, 3.63) is 47.1 Å². The van der Waals surface area contributed by atoms with Crippen LogP contribution in [0.2, 0.25) is 0 Å². The van der Waals surface area contributed by atoms with Gasteiger partial charge in [-0.1, -0.05) is 42.2 Å². The smallest absolute Gasteiger partial charge is 0.263 e. The molecule has 1 amide bonds.